The van der Waals surface area contributed by atoms with Gasteiger partial charge in [-0.3, -0.25) is 4.79 Å². The third kappa shape index (κ3) is 3.12. The summed E-state index contributed by atoms with van der Waals surface area (Å²) in [6.07, 6.45) is 1.83. The number of aryl methyl sites for hydroxylation is 3. The van der Waals surface area contributed by atoms with Crippen LogP contribution in [0.2, 0.25) is 5.02 Å². The monoisotopic (exact) mass is 347 g/mol. The fourth-order valence-electron chi connectivity index (χ4n) is 2.50. The average Bonchev–Trinajstić information content (AvgIpc) is 3.11. The summed E-state index contributed by atoms with van der Waals surface area (Å²) in [5, 5.41) is 11.2. The Labute approximate surface area is 144 Å². The summed E-state index contributed by atoms with van der Waals surface area (Å²) in [5.74, 6) is 0.216. The molecular weight excluding hydrogens is 330 g/mol. The smallest absolute Gasteiger partial charge is 0.273 e. The SMILES string of the molecule is CCCc1cc(CNC(=O)c2nn3c(C)cc(C)nc3c2Cl)on1. The molecule has 3 rings (SSSR count). The van der Waals surface area contributed by atoms with Crippen LogP contribution >= 0.6 is 11.6 Å². The zero-order valence-electron chi connectivity index (χ0n) is 13.8. The number of hydrogen-bond donors (Lipinski definition) is 1. The number of nitrogens with one attached hydrogen (secondary N) is 1. The van der Waals surface area contributed by atoms with Crippen LogP contribution in [0.1, 0.15) is 46.7 Å². The van der Waals surface area contributed by atoms with Crippen LogP contribution in [0.4, 0.5) is 0 Å². The molecule has 1 N–H and O–H groups in total. The second kappa shape index (κ2) is 6.60. The summed E-state index contributed by atoms with van der Waals surface area (Å²) in [6.45, 7) is 6.05. The van der Waals surface area contributed by atoms with Crippen LogP contribution in [0.5, 0.6) is 0 Å². The first kappa shape index (κ1) is 16.4. The van der Waals surface area contributed by atoms with Crippen molar-refractivity contribution < 1.29 is 9.32 Å². The van der Waals surface area contributed by atoms with Crippen molar-refractivity contribution in [3.8, 4) is 0 Å². The summed E-state index contributed by atoms with van der Waals surface area (Å²) in [6, 6.07) is 3.71. The molecule has 0 saturated heterocycles. The molecule has 7 nitrogen and oxygen atoms in total. The molecule has 0 spiro atoms. The van der Waals surface area contributed by atoms with Crippen molar-refractivity contribution in [2.45, 2.75) is 40.2 Å². The van der Waals surface area contributed by atoms with Crippen molar-refractivity contribution in [3.05, 3.63) is 45.7 Å². The van der Waals surface area contributed by atoms with Crippen molar-refractivity contribution >= 4 is 23.2 Å². The van der Waals surface area contributed by atoms with E-state index in [2.05, 4.69) is 27.5 Å². The summed E-state index contributed by atoms with van der Waals surface area (Å²) in [7, 11) is 0. The van der Waals surface area contributed by atoms with Gasteiger partial charge in [0.05, 0.1) is 12.2 Å². The standard InChI is InChI=1S/C16H18ClN5O2/c1-4-5-11-7-12(24-21-11)8-18-16(23)14-13(17)15-19-9(2)6-10(3)22(15)20-14/h6-7H,4-5,8H2,1-3H3,(H,18,23). The van der Waals surface area contributed by atoms with Crippen molar-refractivity contribution in [2.75, 3.05) is 0 Å². The number of rotatable bonds is 5. The van der Waals surface area contributed by atoms with Gasteiger partial charge in [0.25, 0.3) is 5.91 Å². The highest BCUT2D eigenvalue weighted by molar-refractivity contribution is 6.36. The van der Waals surface area contributed by atoms with Gasteiger partial charge in [-0.05, 0) is 26.3 Å². The van der Waals surface area contributed by atoms with Crippen LogP contribution in [0.3, 0.4) is 0 Å². The van der Waals surface area contributed by atoms with Crippen molar-refractivity contribution in [1.29, 1.82) is 0 Å². The van der Waals surface area contributed by atoms with E-state index in [1.165, 1.54) is 0 Å². The Morgan fingerprint density at radius 2 is 2.17 bits per heavy atom. The lowest BCUT2D eigenvalue weighted by molar-refractivity contribution is 0.0942. The predicted molar refractivity (Wildman–Crippen MR) is 89.1 cm³/mol. The molecule has 3 aromatic rings. The van der Waals surface area contributed by atoms with Gasteiger partial charge in [-0.15, -0.1) is 0 Å². The average molecular weight is 348 g/mol. The minimum atomic E-state index is -0.379. The van der Waals surface area contributed by atoms with Crippen LogP contribution in [-0.4, -0.2) is 25.7 Å². The molecule has 0 aromatic carbocycles. The van der Waals surface area contributed by atoms with Gasteiger partial charge < -0.3 is 9.84 Å². The Hall–Kier alpha value is -2.41. The third-order valence-corrected chi connectivity index (χ3v) is 3.94. The third-order valence-electron chi connectivity index (χ3n) is 3.59. The fraction of sp³-hybridized carbons (Fsp3) is 0.375. The second-order valence-corrected chi connectivity index (χ2v) is 6.03. The summed E-state index contributed by atoms with van der Waals surface area (Å²) in [5.41, 5.74) is 3.18. The normalized spacial score (nSPS) is 11.2. The van der Waals surface area contributed by atoms with E-state index < -0.39 is 0 Å². The lowest BCUT2D eigenvalue weighted by Gasteiger charge is -1.99. The summed E-state index contributed by atoms with van der Waals surface area (Å²) in [4.78, 5) is 16.7. The molecule has 126 valence electrons. The van der Waals surface area contributed by atoms with Crippen molar-refractivity contribution in [2.24, 2.45) is 0 Å². The Morgan fingerprint density at radius 1 is 1.38 bits per heavy atom. The maximum atomic E-state index is 12.4. The Balaban J connectivity index is 1.78. The number of fused-ring (bicyclic) bond motifs is 1. The molecule has 0 aliphatic heterocycles. The largest absolute Gasteiger partial charge is 0.359 e. The van der Waals surface area contributed by atoms with E-state index >= 15 is 0 Å². The molecule has 0 bridgehead atoms. The van der Waals surface area contributed by atoms with E-state index in [0.29, 0.717) is 11.4 Å². The molecule has 0 aliphatic carbocycles. The molecule has 0 fully saturated rings. The van der Waals surface area contributed by atoms with Gasteiger partial charge in [-0.2, -0.15) is 5.10 Å². The van der Waals surface area contributed by atoms with Crippen LogP contribution in [0.25, 0.3) is 5.65 Å². The molecular formula is C16H18ClN5O2. The van der Waals surface area contributed by atoms with Gasteiger partial charge in [0.15, 0.2) is 17.1 Å². The highest BCUT2D eigenvalue weighted by Crippen LogP contribution is 2.22. The molecule has 0 saturated carbocycles. The summed E-state index contributed by atoms with van der Waals surface area (Å²) >= 11 is 6.28. The maximum Gasteiger partial charge on any atom is 0.273 e. The Bertz CT molecular complexity index is 899. The number of aromatic nitrogens is 4. The number of carbonyl (C=O) groups excluding carboxylic acids is 1. The molecule has 8 heteroatoms. The predicted octanol–water partition coefficient (Wildman–Crippen LogP) is 2.87. The van der Waals surface area contributed by atoms with E-state index in [1.54, 1.807) is 4.52 Å². The minimum absolute atomic E-state index is 0.145. The van der Waals surface area contributed by atoms with Gasteiger partial charge in [0.2, 0.25) is 0 Å². The zero-order valence-corrected chi connectivity index (χ0v) is 14.5. The molecule has 0 atom stereocenters. The first-order chi connectivity index (χ1) is 11.5. The molecule has 0 unspecified atom stereocenters. The second-order valence-electron chi connectivity index (χ2n) is 5.65. The summed E-state index contributed by atoms with van der Waals surface area (Å²) < 4.78 is 6.76. The van der Waals surface area contributed by atoms with Gasteiger partial charge in [0, 0.05) is 17.5 Å². The van der Waals surface area contributed by atoms with E-state index in [-0.39, 0.29) is 23.2 Å². The zero-order chi connectivity index (χ0) is 17.3. The molecule has 3 aromatic heterocycles. The van der Waals surface area contributed by atoms with E-state index in [9.17, 15) is 4.79 Å². The molecule has 0 radical (unpaired) electrons. The molecule has 1 amide bonds. The van der Waals surface area contributed by atoms with E-state index in [1.807, 2.05) is 26.0 Å². The lowest BCUT2D eigenvalue weighted by Crippen LogP contribution is -2.23. The van der Waals surface area contributed by atoms with Gasteiger partial charge in [-0.25, -0.2) is 9.50 Å². The molecule has 0 aliphatic rings. The number of amides is 1. The highest BCUT2D eigenvalue weighted by Gasteiger charge is 2.20. The molecule has 24 heavy (non-hydrogen) atoms. The van der Waals surface area contributed by atoms with Gasteiger partial charge >= 0.3 is 0 Å². The fourth-order valence-corrected chi connectivity index (χ4v) is 2.75. The number of nitrogens with zero attached hydrogens (tertiary/aromatic N) is 4. The van der Waals surface area contributed by atoms with E-state index in [4.69, 9.17) is 16.1 Å². The van der Waals surface area contributed by atoms with Crippen molar-refractivity contribution in [3.63, 3.8) is 0 Å². The van der Waals surface area contributed by atoms with Gasteiger partial charge in [-0.1, -0.05) is 30.1 Å². The lowest BCUT2D eigenvalue weighted by atomic mass is 10.2. The minimum Gasteiger partial charge on any atom is -0.359 e. The quantitative estimate of drug-likeness (QED) is 0.767. The number of halogens is 1. The van der Waals surface area contributed by atoms with Crippen LogP contribution in [-0.2, 0) is 13.0 Å². The van der Waals surface area contributed by atoms with Crippen LogP contribution in [0.15, 0.2) is 16.7 Å². The van der Waals surface area contributed by atoms with Crippen molar-refractivity contribution in [1.82, 2.24) is 25.1 Å². The highest BCUT2D eigenvalue weighted by atomic mass is 35.5. The number of hydrogen-bond acceptors (Lipinski definition) is 5. The number of carbonyl (C=O) groups is 1. The Morgan fingerprint density at radius 3 is 2.92 bits per heavy atom. The first-order valence-electron chi connectivity index (χ1n) is 7.74. The van der Waals surface area contributed by atoms with Gasteiger partial charge in [0.1, 0.15) is 5.02 Å². The maximum absolute atomic E-state index is 12.4. The molecule has 3 heterocycles. The topological polar surface area (TPSA) is 85.3 Å². The Kier molecular flexibility index (Phi) is 4.53. The van der Waals surface area contributed by atoms with Crippen LogP contribution < -0.4 is 5.32 Å². The van der Waals surface area contributed by atoms with E-state index in [0.717, 1.165) is 29.9 Å². The van der Waals surface area contributed by atoms with Crippen LogP contribution in [0, 0.1) is 13.8 Å². The first-order valence-corrected chi connectivity index (χ1v) is 8.12.